The zero-order valence-corrected chi connectivity index (χ0v) is 21.9. The highest BCUT2D eigenvalue weighted by Gasteiger charge is 2.26. The Morgan fingerprint density at radius 2 is 1.62 bits per heavy atom. The van der Waals surface area contributed by atoms with Crippen molar-refractivity contribution < 1.29 is 9.47 Å². The molecule has 1 atom stereocenters. The van der Waals surface area contributed by atoms with Crippen molar-refractivity contribution in [2.45, 2.75) is 60.0 Å². The van der Waals surface area contributed by atoms with Crippen LogP contribution in [0.25, 0.3) is 11.3 Å². The quantitative estimate of drug-likeness (QED) is 0.485. The summed E-state index contributed by atoms with van der Waals surface area (Å²) < 4.78 is 14.8. The minimum Gasteiger partial charge on any atom is -0.493 e. The van der Waals surface area contributed by atoms with E-state index in [1.165, 1.54) is 5.56 Å². The van der Waals surface area contributed by atoms with Crippen molar-refractivity contribution >= 4 is 18.1 Å². The van der Waals surface area contributed by atoms with Gasteiger partial charge in [0, 0.05) is 30.6 Å². The zero-order chi connectivity index (χ0) is 23.9. The summed E-state index contributed by atoms with van der Waals surface area (Å²) in [5, 5.41) is 0. The highest BCUT2D eigenvalue weighted by Crippen LogP contribution is 2.41. The molecule has 0 saturated carbocycles. The van der Waals surface area contributed by atoms with E-state index in [9.17, 15) is 4.79 Å². The summed E-state index contributed by atoms with van der Waals surface area (Å²) >= 11 is 0. The number of halogens is 1. The summed E-state index contributed by atoms with van der Waals surface area (Å²) in [5.41, 5.74) is 7.99. The maximum absolute atomic E-state index is 13.7. The van der Waals surface area contributed by atoms with E-state index in [1.54, 1.807) is 18.8 Å². The number of ether oxygens (including phenoxy) is 2. The average Bonchev–Trinajstić information content (AvgIpc) is 2.78. The summed E-state index contributed by atoms with van der Waals surface area (Å²) in [7, 11) is 3.28. The molecule has 0 aliphatic carbocycles. The lowest BCUT2D eigenvalue weighted by Gasteiger charge is -2.28. The number of hydrogen-bond acceptors (Lipinski definition) is 4. The SMILES string of the molecule is CCCn1c(=Nc2c(C)cc(C)cc2C)cc2n(c1=O)CC(C)c1cc(OC)c(OC)cc1-2.Cl. The van der Waals surface area contributed by atoms with Crippen LogP contribution in [-0.2, 0) is 13.1 Å². The van der Waals surface area contributed by atoms with Crippen LogP contribution in [0.4, 0.5) is 5.69 Å². The lowest BCUT2D eigenvalue weighted by molar-refractivity contribution is 0.354. The Bertz CT molecular complexity index is 1330. The summed E-state index contributed by atoms with van der Waals surface area (Å²) in [6.45, 7) is 11.7. The second-order valence-corrected chi connectivity index (χ2v) is 8.99. The fourth-order valence-corrected chi connectivity index (χ4v) is 4.91. The number of benzene rings is 2. The first-order chi connectivity index (χ1) is 15.8. The van der Waals surface area contributed by atoms with Gasteiger partial charge in [0.15, 0.2) is 11.5 Å². The van der Waals surface area contributed by atoms with Crippen molar-refractivity contribution in [2.75, 3.05) is 14.2 Å². The van der Waals surface area contributed by atoms with Gasteiger partial charge in [0.1, 0.15) is 5.49 Å². The Balaban J connectivity index is 0.00000324. The van der Waals surface area contributed by atoms with Crippen LogP contribution < -0.4 is 20.7 Å². The second kappa shape index (κ2) is 10.1. The zero-order valence-electron chi connectivity index (χ0n) is 21.1. The van der Waals surface area contributed by atoms with Crippen LogP contribution in [0.15, 0.2) is 40.1 Å². The Hall–Kier alpha value is -2.99. The van der Waals surface area contributed by atoms with Crippen LogP contribution >= 0.6 is 12.4 Å². The third-order valence-electron chi connectivity index (χ3n) is 6.42. The van der Waals surface area contributed by atoms with Crippen LogP contribution in [0.1, 0.15) is 48.4 Å². The molecule has 1 aliphatic rings. The molecule has 7 heteroatoms. The smallest absolute Gasteiger partial charge is 0.330 e. The Kier molecular flexibility index (Phi) is 7.61. The van der Waals surface area contributed by atoms with Crippen LogP contribution in [0.3, 0.4) is 0 Å². The minimum absolute atomic E-state index is 0. The molecular weight excluding hydrogens is 450 g/mol. The largest absolute Gasteiger partial charge is 0.493 e. The van der Waals surface area contributed by atoms with E-state index in [1.807, 2.05) is 22.8 Å². The Labute approximate surface area is 207 Å². The number of hydrogen-bond donors (Lipinski definition) is 0. The number of methoxy groups -OCH3 is 2. The summed E-state index contributed by atoms with van der Waals surface area (Å²) in [6, 6.07) is 10.3. The summed E-state index contributed by atoms with van der Waals surface area (Å²) in [6.07, 6.45) is 0.852. The van der Waals surface area contributed by atoms with E-state index in [0.29, 0.717) is 30.1 Å². The van der Waals surface area contributed by atoms with Crippen LogP contribution in [0, 0.1) is 20.8 Å². The molecule has 3 aromatic rings. The molecule has 0 N–H and O–H groups in total. The van der Waals surface area contributed by atoms with E-state index in [4.69, 9.17) is 14.5 Å². The second-order valence-electron chi connectivity index (χ2n) is 8.99. The number of aromatic nitrogens is 2. The van der Waals surface area contributed by atoms with Crippen molar-refractivity contribution in [1.29, 1.82) is 0 Å². The summed E-state index contributed by atoms with van der Waals surface area (Å²) in [4.78, 5) is 18.7. The van der Waals surface area contributed by atoms with Gasteiger partial charge in [-0.1, -0.05) is 31.5 Å². The van der Waals surface area contributed by atoms with Crippen molar-refractivity contribution in [1.82, 2.24) is 9.13 Å². The molecule has 1 aliphatic heterocycles. The maximum Gasteiger partial charge on any atom is 0.330 e. The van der Waals surface area contributed by atoms with Gasteiger partial charge in [-0.2, -0.15) is 0 Å². The van der Waals surface area contributed by atoms with Gasteiger partial charge in [-0.15, -0.1) is 12.4 Å². The highest BCUT2D eigenvalue weighted by molar-refractivity contribution is 5.85. The predicted octanol–water partition coefficient (Wildman–Crippen LogP) is 5.44. The van der Waals surface area contributed by atoms with Gasteiger partial charge in [-0.25, -0.2) is 9.79 Å². The highest BCUT2D eigenvalue weighted by atomic mass is 35.5. The van der Waals surface area contributed by atoms with Gasteiger partial charge >= 0.3 is 5.69 Å². The lowest BCUT2D eigenvalue weighted by Crippen LogP contribution is -2.42. The lowest BCUT2D eigenvalue weighted by atomic mass is 9.89. The molecule has 2 heterocycles. The van der Waals surface area contributed by atoms with Gasteiger partial charge in [-0.05, 0) is 56.0 Å². The topological polar surface area (TPSA) is 57.8 Å². The number of nitrogens with zero attached hydrogens (tertiary/aromatic N) is 3. The maximum atomic E-state index is 13.7. The van der Waals surface area contributed by atoms with Crippen molar-refractivity contribution in [3.8, 4) is 22.8 Å². The fourth-order valence-electron chi connectivity index (χ4n) is 4.91. The van der Waals surface area contributed by atoms with E-state index < -0.39 is 0 Å². The van der Waals surface area contributed by atoms with E-state index in [0.717, 1.165) is 40.1 Å². The Morgan fingerprint density at radius 3 is 2.21 bits per heavy atom. The summed E-state index contributed by atoms with van der Waals surface area (Å²) in [5.74, 6) is 1.52. The minimum atomic E-state index is -0.0252. The van der Waals surface area contributed by atoms with Gasteiger partial charge in [0.2, 0.25) is 0 Å². The van der Waals surface area contributed by atoms with E-state index in [2.05, 4.69) is 46.8 Å². The molecule has 1 unspecified atom stereocenters. The molecule has 0 fully saturated rings. The van der Waals surface area contributed by atoms with Gasteiger partial charge < -0.3 is 9.47 Å². The number of aryl methyl sites for hydroxylation is 3. The molecule has 0 saturated heterocycles. The van der Waals surface area contributed by atoms with E-state index >= 15 is 0 Å². The first-order valence-electron chi connectivity index (χ1n) is 11.5. The third kappa shape index (κ3) is 4.39. The molecule has 2 aromatic carbocycles. The normalized spacial score (nSPS) is 14.8. The standard InChI is InChI=1S/C27H33N3O3.ClH/c1-8-9-29-25(28-26-17(3)10-16(2)11-18(26)4)14-22-21-13-24(33-7)23(32-6)12-20(21)19(5)15-30(22)27(29)31;/h10-14,19H,8-9,15H2,1-7H3;1H. The van der Waals surface area contributed by atoms with Gasteiger partial charge in [0.05, 0.1) is 25.6 Å². The number of rotatable bonds is 5. The van der Waals surface area contributed by atoms with Crippen LogP contribution in [0.2, 0.25) is 0 Å². The van der Waals surface area contributed by atoms with Crippen LogP contribution in [-0.4, -0.2) is 23.4 Å². The molecule has 0 radical (unpaired) electrons. The molecule has 0 amide bonds. The molecule has 34 heavy (non-hydrogen) atoms. The predicted molar refractivity (Wildman–Crippen MR) is 139 cm³/mol. The van der Waals surface area contributed by atoms with E-state index in [-0.39, 0.29) is 24.0 Å². The molecular formula is C27H34ClN3O3. The molecule has 0 spiro atoms. The first kappa shape index (κ1) is 25.6. The Morgan fingerprint density at radius 1 is 1.00 bits per heavy atom. The fraction of sp³-hybridized carbons (Fsp3) is 0.407. The average molecular weight is 484 g/mol. The van der Waals surface area contributed by atoms with Crippen molar-refractivity contribution in [3.05, 3.63) is 68.6 Å². The van der Waals surface area contributed by atoms with Gasteiger partial charge in [0.25, 0.3) is 0 Å². The van der Waals surface area contributed by atoms with Crippen LogP contribution in [0.5, 0.6) is 11.5 Å². The van der Waals surface area contributed by atoms with Crippen molar-refractivity contribution in [3.63, 3.8) is 0 Å². The number of fused-ring (bicyclic) bond motifs is 3. The molecule has 182 valence electrons. The van der Waals surface area contributed by atoms with Crippen molar-refractivity contribution in [2.24, 2.45) is 4.99 Å². The molecule has 6 nitrogen and oxygen atoms in total. The first-order valence-corrected chi connectivity index (χ1v) is 11.5. The molecule has 0 bridgehead atoms. The van der Waals surface area contributed by atoms with Gasteiger partial charge in [-0.3, -0.25) is 9.13 Å². The molecule has 4 rings (SSSR count). The molecule has 1 aromatic heterocycles. The third-order valence-corrected chi connectivity index (χ3v) is 6.42. The monoisotopic (exact) mass is 483 g/mol.